The van der Waals surface area contributed by atoms with Crippen LogP contribution in [0.3, 0.4) is 0 Å². The van der Waals surface area contributed by atoms with Gasteiger partial charge in [0.05, 0.1) is 45.2 Å². The summed E-state index contributed by atoms with van der Waals surface area (Å²) in [6.07, 6.45) is 4.83. The molecule has 0 radical (unpaired) electrons. The number of hydrogen-bond acceptors (Lipinski definition) is 8. The van der Waals surface area contributed by atoms with E-state index in [0.717, 1.165) is 66.5 Å². The van der Waals surface area contributed by atoms with E-state index in [-0.39, 0.29) is 24.6 Å². The minimum Gasteiger partial charge on any atom is -0.491 e. The molecule has 2 saturated heterocycles. The van der Waals surface area contributed by atoms with Gasteiger partial charge in [0.15, 0.2) is 12.6 Å². The molecular weight excluding hydrogens is 644 g/mol. The molecule has 5 unspecified atom stereocenters. The van der Waals surface area contributed by atoms with E-state index in [1.807, 2.05) is 97.1 Å². The number of rotatable bonds is 19. The van der Waals surface area contributed by atoms with E-state index in [4.69, 9.17) is 33.2 Å². The topological polar surface area (TPSA) is 84.8 Å². The first-order valence-electron chi connectivity index (χ1n) is 18.5. The van der Waals surface area contributed by atoms with Crippen molar-refractivity contribution >= 4 is 0 Å². The Balaban J connectivity index is 1.09. The highest BCUT2D eigenvalue weighted by Crippen LogP contribution is 2.41. The maximum atomic E-state index is 12.0. The largest absolute Gasteiger partial charge is 0.491 e. The standard InChI is InChI=1S/C43H52O8/c44-43(36-16-11-17-38(30-36)50-41-18-7-9-24-48-41)39(34-14-5-2-6-15-34)31-40(51-42-19-8-10-25-49-42)35-20-22-37(23-21-35)47-29-28-45-26-27-46-32-33-12-3-1-4-13-33/h1-6,11-17,20-23,30,39-44H,7-10,18-19,24-29,31-32H2. The van der Waals surface area contributed by atoms with Gasteiger partial charge in [-0.25, -0.2) is 0 Å². The van der Waals surface area contributed by atoms with Gasteiger partial charge in [-0.3, -0.25) is 0 Å². The van der Waals surface area contributed by atoms with Gasteiger partial charge >= 0.3 is 0 Å². The number of aliphatic hydroxyl groups is 1. The van der Waals surface area contributed by atoms with Crippen molar-refractivity contribution in [2.24, 2.45) is 0 Å². The van der Waals surface area contributed by atoms with Crippen LogP contribution in [0.25, 0.3) is 0 Å². The highest BCUT2D eigenvalue weighted by Gasteiger charge is 2.30. The zero-order valence-corrected chi connectivity index (χ0v) is 29.5. The third kappa shape index (κ3) is 11.9. The molecule has 272 valence electrons. The molecule has 4 aromatic carbocycles. The van der Waals surface area contributed by atoms with Crippen molar-refractivity contribution in [1.82, 2.24) is 0 Å². The first-order chi connectivity index (χ1) is 25.2. The normalized spacial score (nSPS) is 19.5. The van der Waals surface area contributed by atoms with Gasteiger partial charge in [-0.2, -0.15) is 0 Å². The fourth-order valence-electron chi connectivity index (χ4n) is 6.59. The molecule has 1 N–H and O–H groups in total. The average Bonchev–Trinajstić information content (AvgIpc) is 3.19. The summed E-state index contributed by atoms with van der Waals surface area (Å²) in [6, 6.07) is 36.1. The molecule has 2 fully saturated rings. The van der Waals surface area contributed by atoms with Gasteiger partial charge in [-0.05, 0) is 85.0 Å². The second-order valence-corrected chi connectivity index (χ2v) is 13.2. The molecule has 8 nitrogen and oxygen atoms in total. The summed E-state index contributed by atoms with van der Waals surface area (Å²) in [4.78, 5) is 0. The maximum absolute atomic E-state index is 12.0. The Hall–Kier alpha value is -3.76. The van der Waals surface area contributed by atoms with Gasteiger partial charge < -0.3 is 38.3 Å². The Bertz CT molecular complexity index is 1520. The molecule has 5 atom stereocenters. The van der Waals surface area contributed by atoms with E-state index in [1.165, 1.54) is 0 Å². The fourth-order valence-corrected chi connectivity index (χ4v) is 6.59. The van der Waals surface area contributed by atoms with Crippen LogP contribution in [0.5, 0.6) is 11.5 Å². The summed E-state index contributed by atoms with van der Waals surface area (Å²) in [5.41, 5.74) is 3.98. The molecule has 8 heteroatoms. The fraction of sp³-hybridized carbons (Fsp3) is 0.442. The van der Waals surface area contributed by atoms with Crippen molar-refractivity contribution in [2.75, 3.05) is 39.6 Å². The van der Waals surface area contributed by atoms with Crippen molar-refractivity contribution in [3.8, 4) is 11.5 Å². The van der Waals surface area contributed by atoms with Gasteiger partial charge in [0.1, 0.15) is 18.1 Å². The molecule has 0 aliphatic carbocycles. The van der Waals surface area contributed by atoms with Crippen LogP contribution in [0.15, 0.2) is 109 Å². The molecule has 2 aliphatic heterocycles. The third-order valence-electron chi connectivity index (χ3n) is 9.37. The molecular formula is C43H52O8. The summed E-state index contributed by atoms with van der Waals surface area (Å²) in [6.45, 7) is 3.93. The average molecular weight is 697 g/mol. The molecule has 0 aromatic heterocycles. The van der Waals surface area contributed by atoms with Crippen LogP contribution in [-0.2, 0) is 30.3 Å². The minimum atomic E-state index is -0.798. The van der Waals surface area contributed by atoms with Crippen LogP contribution < -0.4 is 9.47 Å². The van der Waals surface area contributed by atoms with E-state index in [1.54, 1.807) is 0 Å². The second kappa shape index (κ2) is 20.3. The summed E-state index contributed by atoms with van der Waals surface area (Å²) in [5, 5.41) is 12.0. The Kier molecular flexibility index (Phi) is 14.7. The Morgan fingerprint density at radius 1 is 0.608 bits per heavy atom. The van der Waals surface area contributed by atoms with Crippen LogP contribution in [0.1, 0.15) is 85.3 Å². The molecule has 51 heavy (non-hydrogen) atoms. The SMILES string of the molecule is OC(c1cccc(OC2CCCCO2)c1)C(CC(OC1CCCCO1)c1ccc(OCCOCCOCc2ccccc2)cc1)c1ccccc1. The summed E-state index contributed by atoms with van der Waals surface area (Å²) < 4.78 is 42.1. The van der Waals surface area contributed by atoms with Gasteiger partial charge in [0.25, 0.3) is 0 Å². The van der Waals surface area contributed by atoms with E-state index in [0.29, 0.717) is 58.4 Å². The lowest BCUT2D eigenvalue weighted by atomic mass is 9.83. The number of ether oxygens (including phenoxy) is 7. The summed E-state index contributed by atoms with van der Waals surface area (Å²) >= 11 is 0. The van der Waals surface area contributed by atoms with E-state index >= 15 is 0 Å². The molecule has 0 bridgehead atoms. The Morgan fingerprint density at radius 3 is 2.00 bits per heavy atom. The first kappa shape index (κ1) is 37.0. The van der Waals surface area contributed by atoms with Gasteiger partial charge in [-0.1, -0.05) is 84.9 Å². The molecule has 0 spiro atoms. The lowest BCUT2D eigenvalue weighted by Gasteiger charge is -2.32. The zero-order chi connectivity index (χ0) is 34.9. The predicted molar refractivity (Wildman–Crippen MR) is 196 cm³/mol. The molecule has 2 heterocycles. The van der Waals surface area contributed by atoms with Gasteiger partial charge in [0, 0.05) is 18.9 Å². The minimum absolute atomic E-state index is 0.256. The highest BCUT2D eigenvalue weighted by atomic mass is 16.7. The smallest absolute Gasteiger partial charge is 0.199 e. The number of hydrogen-bond donors (Lipinski definition) is 1. The van der Waals surface area contributed by atoms with Crippen LogP contribution in [-0.4, -0.2) is 57.3 Å². The van der Waals surface area contributed by atoms with Crippen molar-refractivity contribution < 1.29 is 38.3 Å². The molecule has 0 amide bonds. The maximum Gasteiger partial charge on any atom is 0.199 e. The van der Waals surface area contributed by atoms with Crippen molar-refractivity contribution in [2.45, 2.75) is 82.3 Å². The van der Waals surface area contributed by atoms with Crippen molar-refractivity contribution in [1.29, 1.82) is 0 Å². The monoisotopic (exact) mass is 696 g/mol. The van der Waals surface area contributed by atoms with Crippen LogP contribution in [0.2, 0.25) is 0 Å². The number of benzene rings is 4. The van der Waals surface area contributed by atoms with E-state index in [2.05, 4.69) is 12.1 Å². The molecule has 6 rings (SSSR count). The van der Waals surface area contributed by atoms with E-state index < -0.39 is 6.10 Å². The van der Waals surface area contributed by atoms with Crippen LogP contribution in [0, 0.1) is 0 Å². The Labute approximate surface area is 302 Å². The molecule has 4 aromatic rings. The quantitative estimate of drug-likeness (QED) is 0.0976. The zero-order valence-electron chi connectivity index (χ0n) is 29.5. The number of aliphatic hydroxyl groups excluding tert-OH is 1. The molecule has 2 aliphatic rings. The van der Waals surface area contributed by atoms with E-state index in [9.17, 15) is 5.11 Å². The van der Waals surface area contributed by atoms with Crippen LogP contribution in [0.4, 0.5) is 0 Å². The van der Waals surface area contributed by atoms with Crippen molar-refractivity contribution in [3.63, 3.8) is 0 Å². The van der Waals surface area contributed by atoms with Gasteiger partial charge in [0.2, 0.25) is 0 Å². The third-order valence-corrected chi connectivity index (χ3v) is 9.37. The second-order valence-electron chi connectivity index (χ2n) is 13.2. The predicted octanol–water partition coefficient (Wildman–Crippen LogP) is 8.70. The first-order valence-corrected chi connectivity index (χ1v) is 18.5. The van der Waals surface area contributed by atoms with Crippen LogP contribution >= 0.6 is 0 Å². The highest BCUT2D eigenvalue weighted by molar-refractivity contribution is 5.34. The van der Waals surface area contributed by atoms with Crippen molar-refractivity contribution in [3.05, 3.63) is 131 Å². The summed E-state index contributed by atoms with van der Waals surface area (Å²) in [7, 11) is 0. The Morgan fingerprint density at radius 2 is 1.27 bits per heavy atom. The summed E-state index contributed by atoms with van der Waals surface area (Å²) in [5.74, 6) is 1.20. The lowest BCUT2D eigenvalue weighted by molar-refractivity contribution is -0.193. The lowest BCUT2D eigenvalue weighted by Crippen LogP contribution is -2.26. The molecule has 0 saturated carbocycles. The van der Waals surface area contributed by atoms with Gasteiger partial charge in [-0.15, -0.1) is 0 Å².